The number of nitrogens with two attached hydrogens (primary N) is 2. The van der Waals surface area contributed by atoms with E-state index < -0.39 is 5.91 Å². The van der Waals surface area contributed by atoms with E-state index in [1.54, 1.807) is 0 Å². The van der Waals surface area contributed by atoms with Crippen molar-refractivity contribution in [3.8, 4) is 0 Å². The number of hydrogen-bond acceptors (Lipinski definition) is 3. The molecule has 0 aliphatic carbocycles. The largest absolute Gasteiger partial charge is 0.404 e. The molecule has 0 bridgehead atoms. The van der Waals surface area contributed by atoms with Crippen LogP contribution in [0.25, 0.3) is 0 Å². The number of primary amides is 1. The van der Waals surface area contributed by atoms with Crippen LogP contribution in [-0.2, 0) is 4.79 Å². The van der Waals surface area contributed by atoms with Crippen molar-refractivity contribution in [2.24, 2.45) is 16.5 Å². The third-order valence-corrected chi connectivity index (χ3v) is 0.732. The van der Waals surface area contributed by atoms with E-state index in [1.165, 1.54) is 13.3 Å². The Labute approximate surface area is 53.2 Å². The van der Waals surface area contributed by atoms with E-state index >= 15 is 0 Å². The quantitative estimate of drug-likeness (QED) is 0.369. The average Bonchev–Trinajstić information content (AvgIpc) is 1.82. The fourth-order valence-corrected chi connectivity index (χ4v) is 0.328. The Morgan fingerprint density at radius 3 is 2.33 bits per heavy atom. The van der Waals surface area contributed by atoms with Crippen LogP contribution in [0.4, 0.5) is 0 Å². The fraction of sp³-hybridized carbons (Fsp3) is 0.200. The molecule has 0 spiro atoms. The fourth-order valence-electron chi connectivity index (χ4n) is 0.328. The van der Waals surface area contributed by atoms with E-state index in [4.69, 9.17) is 11.5 Å². The SMILES string of the molecule is CN=C/C(=C\N)C(N)=O. The van der Waals surface area contributed by atoms with Crippen LogP contribution < -0.4 is 11.5 Å². The van der Waals surface area contributed by atoms with Crippen molar-refractivity contribution < 1.29 is 4.79 Å². The predicted molar refractivity (Wildman–Crippen MR) is 35.9 cm³/mol. The highest BCUT2D eigenvalue weighted by molar-refractivity contribution is 6.11. The van der Waals surface area contributed by atoms with Gasteiger partial charge in [0.1, 0.15) is 0 Å². The van der Waals surface area contributed by atoms with E-state index in [1.807, 2.05) is 0 Å². The Hall–Kier alpha value is -1.32. The molecule has 1 amide bonds. The first kappa shape index (κ1) is 7.68. The van der Waals surface area contributed by atoms with Crippen molar-refractivity contribution in [2.75, 3.05) is 7.05 Å². The molecule has 0 atom stereocenters. The lowest BCUT2D eigenvalue weighted by molar-refractivity contribution is -0.114. The number of carbonyl (C=O) groups excluding carboxylic acids is 1. The summed E-state index contributed by atoms with van der Waals surface area (Å²) in [7, 11) is 1.53. The van der Waals surface area contributed by atoms with Gasteiger partial charge in [0.15, 0.2) is 0 Å². The molecule has 0 rings (SSSR count). The summed E-state index contributed by atoms with van der Waals surface area (Å²) in [5.41, 5.74) is 10.1. The first-order valence-corrected chi connectivity index (χ1v) is 2.36. The van der Waals surface area contributed by atoms with Gasteiger partial charge in [0.2, 0.25) is 0 Å². The summed E-state index contributed by atoms with van der Waals surface area (Å²) in [6.45, 7) is 0. The molecule has 0 radical (unpaired) electrons. The average molecular weight is 127 g/mol. The molecule has 0 saturated heterocycles. The summed E-state index contributed by atoms with van der Waals surface area (Å²) < 4.78 is 0. The first-order chi connectivity index (χ1) is 4.22. The minimum atomic E-state index is -0.567. The van der Waals surface area contributed by atoms with Crippen LogP contribution >= 0.6 is 0 Å². The smallest absolute Gasteiger partial charge is 0.251 e. The molecule has 0 fully saturated rings. The van der Waals surface area contributed by atoms with Crippen LogP contribution in [0, 0.1) is 0 Å². The van der Waals surface area contributed by atoms with Gasteiger partial charge < -0.3 is 11.5 Å². The predicted octanol–water partition coefficient (Wildman–Crippen LogP) is -0.985. The second-order valence-corrected chi connectivity index (χ2v) is 1.37. The van der Waals surface area contributed by atoms with Gasteiger partial charge >= 0.3 is 0 Å². The van der Waals surface area contributed by atoms with Crippen LogP contribution in [0.3, 0.4) is 0 Å². The summed E-state index contributed by atoms with van der Waals surface area (Å²) in [4.78, 5) is 13.9. The normalized spacial score (nSPS) is 12.3. The highest BCUT2D eigenvalue weighted by atomic mass is 16.1. The maximum Gasteiger partial charge on any atom is 0.251 e. The Bertz CT molecular complexity index is 160. The van der Waals surface area contributed by atoms with Gasteiger partial charge in [-0.25, -0.2) is 0 Å². The van der Waals surface area contributed by atoms with Crippen molar-refractivity contribution in [1.82, 2.24) is 0 Å². The van der Waals surface area contributed by atoms with Crippen molar-refractivity contribution in [2.45, 2.75) is 0 Å². The van der Waals surface area contributed by atoms with Gasteiger partial charge in [-0.1, -0.05) is 0 Å². The van der Waals surface area contributed by atoms with Crippen LogP contribution in [0.1, 0.15) is 0 Å². The molecule has 9 heavy (non-hydrogen) atoms. The summed E-state index contributed by atoms with van der Waals surface area (Å²) in [6, 6.07) is 0. The highest BCUT2D eigenvalue weighted by Gasteiger charge is 1.96. The van der Waals surface area contributed by atoms with E-state index in [0.717, 1.165) is 6.20 Å². The van der Waals surface area contributed by atoms with E-state index in [2.05, 4.69) is 4.99 Å². The van der Waals surface area contributed by atoms with Gasteiger partial charge in [-0.15, -0.1) is 0 Å². The topological polar surface area (TPSA) is 81.5 Å². The number of aliphatic imine (C=N–C) groups is 1. The van der Waals surface area contributed by atoms with Crippen molar-refractivity contribution in [1.29, 1.82) is 0 Å². The third kappa shape index (κ3) is 2.48. The maximum absolute atomic E-state index is 10.3. The van der Waals surface area contributed by atoms with E-state index in [9.17, 15) is 4.79 Å². The number of carbonyl (C=O) groups is 1. The molecule has 0 saturated carbocycles. The van der Waals surface area contributed by atoms with Gasteiger partial charge in [-0.05, 0) is 0 Å². The Balaban J connectivity index is 4.19. The first-order valence-electron chi connectivity index (χ1n) is 2.36. The van der Waals surface area contributed by atoms with Crippen LogP contribution in [0.2, 0.25) is 0 Å². The number of rotatable bonds is 2. The zero-order valence-corrected chi connectivity index (χ0v) is 5.16. The van der Waals surface area contributed by atoms with Gasteiger partial charge in [0.25, 0.3) is 5.91 Å². The molecule has 0 aliphatic rings. The molecular formula is C5H9N3O. The van der Waals surface area contributed by atoms with Crippen LogP contribution in [0.5, 0.6) is 0 Å². The lowest BCUT2D eigenvalue weighted by atomic mass is 10.3. The second-order valence-electron chi connectivity index (χ2n) is 1.37. The lowest BCUT2D eigenvalue weighted by Gasteiger charge is -1.88. The summed E-state index contributed by atoms with van der Waals surface area (Å²) in [5.74, 6) is -0.567. The molecule has 4 nitrogen and oxygen atoms in total. The van der Waals surface area contributed by atoms with Crippen LogP contribution in [0.15, 0.2) is 16.8 Å². The van der Waals surface area contributed by atoms with Gasteiger partial charge in [-0.2, -0.15) is 0 Å². The van der Waals surface area contributed by atoms with Gasteiger partial charge in [-0.3, -0.25) is 9.79 Å². The molecule has 0 aliphatic heterocycles. The summed E-state index contributed by atoms with van der Waals surface area (Å²) in [5, 5.41) is 0. The minimum Gasteiger partial charge on any atom is -0.404 e. The van der Waals surface area contributed by atoms with Gasteiger partial charge in [0, 0.05) is 19.5 Å². The molecule has 0 aromatic carbocycles. The maximum atomic E-state index is 10.3. The Morgan fingerprint density at radius 2 is 2.22 bits per heavy atom. The molecule has 50 valence electrons. The molecule has 4 N–H and O–H groups in total. The molecule has 0 heterocycles. The standard InChI is InChI=1S/C5H9N3O/c1-8-3-4(2-6)5(7)9/h2-3H,6H2,1H3,(H2,7,9)/b4-2+,8-3?. The number of hydrogen-bond donors (Lipinski definition) is 2. The Morgan fingerprint density at radius 1 is 1.67 bits per heavy atom. The molecule has 4 heteroatoms. The number of amides is 1. The number of nitrogens with zero attached hydrogens (tertiary/aromatic N) is 1. The van der Waals surface area contributed by atoms with E-state index in [0.29, 0.717) is 0 Å². The van der Waals surface area contributed by atoms with Crippen LogP contribution in [-0.4, -0.2) is 19.2 Å². The molecule has 0 aromatic heterocycles. The van der Waals surface area contributed by atoms with Crippen molar-refractivity contribution in [3.05, 3.63) is 11.8 Å². The monoisotopic (exact) mass is 127 g/mol. The molecule has 0 unspecified atom stereocenters. The van der Waals surface area contributed by atoms with Gasteiger partial charge in [0.05, 0.1) is 5.57 Å². The minimum absolute atomic E-state index is 0.220. The highest BCUT2D eigenvalue weighted by Crippen LogP contribution is 1.82. The molecular weight excluding hydrogens is 118 g/mol. The third-order valence-electron chi connectivity index (χ3n) is 0.732. The van der Waals surface area contributed by atoms with E-state index in [-0.39, 0.29) is 5.57 Å². The molecule has 0 aromatic rings. The second kappa shape index (κ2) is 3.65. The Kier molecular flexibility index (Phi) is 3.12. The summed E-state index contributed by atoms with van der Waals surface area (Å²) in [6.07, 6.45) is 2.43. The lowest BCUT2D eigenvalue weighted by Crippen LogP contribution is -2.15. The van der Waals surface area contributed by atoms with Crippen molar-refractivity contribution in [3.63, 3.8) is 0 Å². The van der Waals surface area contributed by atoms with Crippen molar-refractivity contribution >= 4 is 12.1 Å². The summed E-state index contributed by atoms with van der Waals surface area (Å²) >= 11 is 0. The zero-order valence-electron chi connectivity index (χ0n) is 5.16. The zero-order chi connectivity index (χ0) is 7.28.